The van der Waals surface area contributed by atoms with Gasteiger partial charge in [0.2, 0.25) is 0 Å². The Kier molecular flexibility index (Phi) is 5.52. The average Bonchev–Trinajstić information content (AvgIpc) is 2.29. The largest absolute Gasteiger partial charge is 0.382 e. The molecule has 0 aliphatic carbocycles. The fourth-order valence-electron chi connectivity index (χ4n) is 1.60. The van der Waals surface area contributed by atoms with Crippen LogP contribution in [0.3, 0.4) is 0 Å². The molecule has 0 amide bonds. The molecule has 98 valence electrons. The molecule has 4 nitrogen and oxygen atoms in total. The SMILES string of the molecule is CC(C)CN(CCC#N)c1nc(N)c(Cl)cc1Cl. The molecule has 0 fully saturated rings. The van der Waals surface area contributed by atoms with Crippen molar-refractivity contribution in [1.82, 2.24) is 4.98 Å². The molecule has 0 saturated heterocycles. The Labute approximate surface area is 117 Å². The van der Waals surface area contributed by atoms with Crippen LogP contribution in [0.15, 0.2) is 6.07 Å². The van der Waals surface area contributed by atoms with E-state index >= 15 is 0 Å². The van der Waals surface area contributed by atoms with Crippen molar-refractivity contribution in [3.05, 3.63) is 16.1 Å². The second kappa shape index (κ2) is 6.67. The van der Waals surface area contributed by atoms with Gasteiger partial charge in [0.25, 0.3) is 0 Å². The molecule has 0 bridgehead atoms. The Morgan fingerprint density at radius 1 is 1.44 bits per heavy atom. The summed E-state index contributed by atoms with van der Waals surface area (Å²) in [4.78, 5) is 6.17. The average molecular weight is 287 g/mol. The predicted molar refractivity (Wildman–Crippen MR) is 76.0 cm³/mol. The second-order valence-corrected chi connectivity index (χ2v) is 5.22. The normalized spacial score (nSPS) is 10.4. The van der Waals surface area contributed by atoms with Crippen molar-refractivity contribution in [3.8, 4) is 6.07 Å². The third-order valence-electron chi connectivity index (χ3n) is 2.32. The lowest BCUT2D eigenvalue weighted by Gasteiger charge is -2.25. The van der Waals surface area contributed by atoms with Gasteiger partial charge in [-0.3, -0.25) is 0 Å². The monoisotopic (exact) mass is 286 g/mol. The predicted octanol–water partition coefficient (Wildman–Crippen LogP) is 3.35. The Hall–Kier alpha value is -1.18. The van der Waals surface area contributed by atoms with Gasteiger partial charge in [-0.05, 0) is 12.0 Å². The van der Waals surface area contributed by atoms with Crippen molar-refractivity contribution in [2.45, 2.75) is 20.3 Å². The highest BCUT2D eigenvalue weighted by Crippen LogP contribution is 2.30. The van der Waals surface area contributed by atoms with Crippen molar-refractivity contribution in [1.29, 1.82) is 5.26 Å². The summed E-state index contributed by atoms with van der Waals surface area (Å²) in [7, 11) is 0. The summed E-state index contributed by atoms with van der Waals surface area (Å²) in [5.41, 5.74) is 5.69. The first-order valence-electron chi connectivity index (χ1n) is 5.69. The number of pyridine rings is 1. The van der Waals surface area contributed by atoms with E-state index in [0.29, 0.717) is 34.7 Å². The number of nitrogens with zero attached hydrogens (tertiary/aromatic N) is 3. The van der Waals surface area contributed by atoms with E-state index in [1.807, 2.05) is 4.90 Å². The Morgan fingerprint density at radius 2 is 2.11 bits per heavy atom. The van der Waals surface area contributed by atoms with Crippen molar-refractivity contribution in [2.24, 2.45) is 5.92 Å². The van der Waals surface area contributed by atoms with E-state index in [1.165, 1.54) is 0 Å². The molecule has 2 N–H and O–H groups in total. The van der Waals surface area contributed by atoms with Gasteiger partial charge in [-0.15, -0.1) is 0 Å². The van der Waals surface area contributed by atoms with E-state index in [2.05, 4.69) is 24.9 Å². The Morgan fingerprint density at radius 3 is 2.67 bits per heavy atom. The first-order chi connectivity index (χ1) is 8.45. The fourth-order valence-corrected chi connectivity index (χ4v) is 2.08. The van der Waals surface area contributed by atoms with E-state index in [4.69, 9.17) is 34.2 Å². The zero-order valence-electron chi connectivity index (χ0n) is 10.5. The highest BCUT2D eigenvalue weighted by Gasteiger charge is 2.15. The fraction of sp³-hybridized carbons (Fsp3) is 0.500. The van der Waals surface area contributed by atoms with Gasteiger partial charge in [-0.1, -0.05) is 37.0 Å². The van der Waals surface area contributed by atoms with Crippen LogP contribution in [0.25, 0.3) is 0 Å². The number of nitrogens with two attached hydrogens (primary N) is 1. The number of nitrogen functional groups attached to an aromatic ring is 1. The number of anilines is 2. The summed E-state index contributed by atoms with van der Waals surface area (Å²) < 4.78 is 0. The van der Waals surface area contributed by atoms with Gasteiger partial charge in [0.1, 0.15) is 11.6 Å². The molecule has 0 saturated carbocycles. The van der Waals surface area contributed by atoms with Crippen LogP contribution in [0.4, 0.5) is 11.6 Å². The maximum atomic E-state index is 8.69. The van der Waals surface area contributed by atoms with Gasteiger partial charge in [-0.2, -0.15) is 5.26 Å². The quantitative estimate of drug-likeness (QED) is 0.901. The first-order valence-corrected chi connectivity index (χ1v) is 6.44. The third kappa shape index (κ3) is 3.94. The maximum Gasteiger partial charge on any atom is 0.149 e. The van der Waals surface area contributed by atoms with Gasteiger partial charge < -0.3 is 10.6 Å². The number of rotatable bonds is 5. The number of nitriles is 1. The third-order valence-corrected chi connectivity index (χ3v) is 2.90. The van der Waals surface area contributed by atoms with E-state index in [1.54, 1.807) is 6.07 Å². The van der Waals surface area contributed by atoms with Gasteiger partial charge in [0, 0.05) is 13.1 Å². The van der Waals surface area contributed by atoms with Crippen LogP contribution in [0.2, 0.25) is 10.0 Å². The molecular weight excluding hydrogens is 271 g/mol. The molecule has 1 heterocycles. The number of hydrogen-bond donors (Lipinski definition) is 1. The van der Waals surface area contributed by atoms with Gasteiger partial charge >= 0.3 is 0 Å². The van der Waals surface area contributed by atoms with Crippen molar-refractivity contribution in [2.75, 3.05) is 23.7 Å². The molecule has 1 aromatic heterocycles. The first kappa shape index (κ1) is 14.9. The molecular formula is C12H16Cl2N4. The molecule has 0 radical (unpaired) electrons. The summed E-state index contributed by atoms with van der Waals surface area (Å²) >= 11 is 12.0. The van der Waals surface area contributed by atoms with Gasteiger partial charge in [0.05, 0.1) is 22.5 Å². The van der Waals surface area contributed by atoms with Crippen LogP contribution >= 0.6 is 23.2 Å². The molecule has 0 aliphatic heterocycles. The molecule has 1 aromatic rings. The number of aromatic nitrogens is 1. The molecule has 0 aromatic carbocycles. The lowest BCUT2D eigenvalue weighted by Crippen LogP contribution is -2.29. The molecule has 0 aliphatic rings. The van der Waals surface area contributed by atoms with Crippen LogP contribution in [-0.4, -0.2) is 18.1 Å². The van der Waals surface area contributed by atoms with E-state index in [-0.39, 0.29) is 5.82 Å². The van der Waals surface area contributed by atoms with Gasteiger partial charge in [0.15, 0.2) is 0 Å². The molecule has 6 heteroatoms. The summed E-state index contributed by atoms with van der Waals surface area (Å²) in [6.45, 7) is 5.51. The van der Waals surface area contributed by atoms with E-state index < -0.39 is 0 Å². The minimum absolute atomic E-state index is 0.252. The number of halogens is 2. The van der Waals surface area contributed by atoms with E-state index in [9.17, 15) is 0 Å². The van der Waals surface area contributed by atoms with E-state index in [0.717, 1.165) is 6.54 Å². The molecule has 0 atom stereocenters. The molecule has 0 spiro atoms. The molecule has 0 unspecified atom stereocenters. The lowest BCUT2D eigenvalue weighted by molar-refractivity contribution is 0.608. The van der Waals surface area contributed by atoms with Crippen LogP contribution in [-0.2, 0) is 0 Å². The van der Waals surface area contributed by atoms with Crippen molar-refractivity contribution < 1.29 is 0 Å². The smallest absolute Gasteiger partial charge is 0.149 e. The Bertz CT molecular complexity index is 454. The minimum atomic E-state index is 0.252. The van der Waals surface area contributed by atoms with Crippen LogP contribution in [0, 0.1) is 17.2 Å². The number of hydrogen-bond acceptors (Lipinski definition) is 4. The molecule has 1 rings (SSSR count). The van der Waals surface area contributed by atoms with Gasteiger partial charge in [-0.25, -0.2) is 4.98 Å². The zero-order chi connectivity index (χ0) is 13.7. The Balaban J connectivity index is 3.04. The highest BCUT2D eigenvalue weighted by molar-refractivity contribution is 6.37. The van der Waals surface area contributed by atoms with Crippen LogP contribution in [0.5, 0.6) is 0 Å². The van der Waals surface area contributed by atoms with Crippen LogP contribution < -0.4 is 10.6 Å². The van der Waals surface area contributed by atoms with Crippen molar-refractivity contribution >= 4 is 34.8 Å². The second-order valence-electron chi connectivity index (χ2n) is 4.41. The lowest BCUT2D eigenvalue weighted by atomic mass is 10.2. The topological polar surface area (TPSA) is 65.9 Å². The minimum Gasteiger partial charge on any atom is -0.382 e. The summed E-state index contributed by atoms with van der Waals surface area (Å²) in [5.74, 6) is 1.27. The van der Waals surface area contributed by atoms with Crippen molar-refractivity contribution in [3.63, 3.8) is 0 Å². The highest BCUT2D eigenvalue weighted by atomic mass is 35.5. The zero-order valence-corrected chi connectivity index (χ0v) is 12.0. The van der Waals surface area contributed by atoms with Crippen LogP contribution in [0.1, 0.15) is 20.3 Å². The summed E-state index contributed by atoms with van der Waals surface area (Å²) in [6.07, 6.45) is 0.410. The standard InChI is InChI=1S/C12H16Cl2N4/c1-8(2)7-18(5-3-4-15)12-10(14)6-9(13)11(16)17-12/h6,8H,3,5,7H2,1-2H3,(H2,16,17). The summed E-state index contributed by atoms with van der Waals surface area (Å²) in [6, 6.07) is 3.70. The summed E-state index contributed by atoms with van der Waals surface area (Å²) in [5, 5.41) is 9.48. The molecule has 18 heavy (non-hydrogen) atoms. The maximum absolute atomic E-state index is 8.69.